The Bertz CT molecular complexity index is 1110. The number of aryl methyl sites for hydroxylation is 2. The number of hydrogen-bond donors (Lipinski definition) is 1. The van der Waals surface area contributed by atoms with E-state index in [2.05, 4.69) is 21.2 Å². The van der Waals surface area contributed by atoms with E-state index in [1.165, 1.54) is 0 Å². The first kappa shape index (κ1) is 21.1. The van der Waals surface area contributed by atoms with E-state index < -0.39 is 15.9 Å². The first-order chi connectivity index (χ1) is 13.8. The number of rotatable bonds is 6. The zero-order valence-corrected chi connectivity index (χ0v) is 18.5. The fourth-order valence-corrected chi connectivity index (χ4v) is 4.58. The highest BCUT2D eigenvalue weighted by Gasteiger charge is 2.27. The summed E-state index contributed by atoms with van der Waals surface area (Å²) in [5, 5.41) is 2.75. The molecular weight excluding hydrogens is 452 g/mol. The first-order valence-corrected chi connectivity index (χ1v) is 11.2. The Balaban J connectivity index is 1.93. The van der Waals surface area contributed by atoms with Crippen LogP contribution in [0.25, 0.3) is 0 Å². The summed E-state index contributed by atoms with van der Waals surface area (Å²) in [4.78, 5) is 12.8. The molecule has 1 amide bonds. The second kappa shape index (κ2) is 8.80. The van der Waals surface area contributed by atoms with Crippen LogP contribution in [0, 0.1) is 13.8 Å². The highest BCUT2D eigenvalue weighted by molar-refractivity contribution is 9.10. The van der Waals surface area contributed by atoms with Gasteiger partial charge in [-0.15, -0.1) is 0 Å². The van der Waals surface area contributed by atoms with Crippen molar-refractivity contribution < 1.29 is 13.2 Å². The fraction of sp³-hybridized carbons (Fsp3) is 0.136. The quantitative estimate of drug-likeness (QED) is 0.554. The standard InChI is InChI=1S/C22H21BrN2O3S/c1-16-6-10-20(11-7-16)25(29(27,28)21-12-8-17(2)9-13-21)15-22(26)24-19-5-3-4-18(23)14-19/h3-14H,15H2,1-2H3,(H,24,26). The molecule has 0 unspecified atom stereocenters. The molecule has 7 heteroatoms. The fourth-order valence-electron chi connectivity index (χ4n) is 2.76. The molecule has 0 aliphatic carbocycles. The third kappa shape index (κ3) is 5.25. The lowest BCUT2D eigenvalue weighted by molar-refractivity contribution is -0.114. The van der Waals surface area contributed by atoms with Crippen molar-refractivity contribution in [3.05, 3.63) is 88.4 Å². The van der Waals surface area contributed by atoms with Gasteiger partial charge in [-0.3, -0.25) is 9.10 Å². The molecule has 0 saturated carbocycles. The number of hydrogen-bond acceptors (Lipinski definition) is 3. The minimum Gasteiger partial charge on any atom is -0.324 e. The molecular formula is C22H21BrN2O3S. The van der Waals surface area contributed by atoms with E-state index in [-0.39, 0.29) is 11.4 Å². The third-order valence-corrected chi connectivity index (χ3v) is 6.61. The van der Waals surface area contributed by atoms with Gasteiger partial charge < -0.3 is 5.32 Å². The van der Waals surface area contributed by atoms with Crippen LogP contribution in [-0.2, 0) is 14.8 Å². The summed E-state index contributed by atoms with van der Waals surface area (Å²) < 4.78 is 28.6. The van der Waals surface area contributed by atoms with Crippen LogP contribution in [0.3, 0.4) is 0 Å². The molecule has 0 spiro atoms. The van der Waals surface area contributed by atoms with E-state index in [0.717, 1.165) is 19.9 Å². The average Bonchev–Trinajstić information content (AvgIpc) is 2.67. The summed E-state index contributed by atoms with van der Waals surface area (Å²) in [5.74, 6) is -0.431. The SMILES string of the molecule is Cc1ccc(N(CC(=O)Nc2cccc(Br)c2)S(=O)(=O)c2ccc(C)cc2)cc1. The topological polar surface area (TPSA) is 66.5 Å². The first-order valence-electron chi connectivity index (χ1n) is 8.97. The number of halogens is 1. The molecule has 0 atom stereocenters. The van der Waals surface area contributed by atoms with Gasteiger partial charge in [0.15, 0.2) is 0 Å². The molecule has 3 rings (SSSR count). The monoisotopic (exact) mass is 472 g/mol. The van der Waals surface area contributed by atoms with Crippen LogP contribution in [0.2, 0.25) is 0 Å². The summed E-state index contributed by atoms with van der Waals surface area (Å²) in [6.07, 6.45) is 0. The number of anilines is 2. The Hall–Kier alpha value is -2.64. The minimum absolute atomic E-state index is 0.138. The van der Waals surface area contributed by atoms with Gasteiger partial charge >= 0.3 is 0 Å². The zero-order valence-electron chi connectivity index (χ0n) is 16.1. The van der Waals surface area contributed by atoms with Crippen molar-refractivity contribution in [2.24, 2.45) is 0 Å². The molecule has 29 heavy (non-hydrogen) atoms. The molecule has 5 nitrogen and oxygen atoms in total. The van der Waals surface area contributed by atoms with Crippen LogP contribution in [0.15, 0.2) is 82.2 Å². The van der Waals surface area contributed by atoms with E-state index in [4.69, 9.17) is 0 Å². The summed E-state index contributed by atoms with van der Waals surface area (Å²) in [7, 11) is -3.92. The van der Waals surface area contributed by atoms with E-state index in [0.29, 0.717) is 11.4 Å². The summed E-state index contributed by atoms with van der Waals surface area (Å²) in [6.45, 7) is 3.47. The van der Waals surface area contributed by atoms with Crippen LogP contribution in [-0.4, -0.2) is 20.9 Å². The van der Waals surface area contributed by atoms with Crippen molar-refractivity contribution >= 4 is 43.2 Å². The van der Waals surface area contributed by atoms with Gasteiger partial charge in [-0.25, -0.2) is 8.42 Å². The number of carbonyl (C=O) groups excluding carboxylic acids is 1. The van der Waals surface area contributed by atoms with Gasteiger partial charge in [-0.1, -0.05) is 57.4 Å². The molecule has 0 aromatic heterocycles. The van der Waals surface area contributed by atoms with Gasteiger partial charge in [0, 0.05) is 10.2 Å². The van der Waals surface area contributed by atoms with E-state index >= 15 is 0 Å². The molecule has 1 N–H and O–H groups in total. The van der Waals surface area contributed by atoms with Crippen LogP contribution in [0.5, 0.6) is 0 Å². The molecule has 0 radical (unpaired) electrons. The van der Waals surface area contributed by atoms with E-state index in [1.807, 2.05) is 32.0 Å². The Labute approximate surface area is 179 Å². The number of amides is 1. The largest absolute Gasteiger partial charge is 0.324 e. The number of nitrogens with zero attached hydrogens (tertiary/aromatic N) is 1. The number of sulfonamides is 1. The van der Waals surface area contributed by atoms with Gasteiger partial charge in [0.25, 0.3) is 10.0 Å². The molecule has 0 bridgehead atoms. The molecule has 3 aromatic carbocycles. The summed E-state index contributed by atoms with van der Waals surface area (Å²) in [5.41, 5.74) is 2.97. The Morgan fingerprint density at radius 3 is 2.10 bits per heavy atom. The molecule has 150 valence electrons. The van der Waals surface area contributed by atoms with Crippen molar-refractivity contribution in [1.82, 2.24) is 0 Å². The lowest BCUT2D eigenvalue weighted by Gasteiger charge is -2.24. The normalized spacial score (nSPS) is 11.1. The van der Waals surface area contributed by atoms with Gasteiger partial charge in [0.05, 0.1) is 10.6 Å². The molecule has 0 aliphatic rings. The van der Waals surface area contributed by atoms with Crippen molar-refractivity contribution in [1.29, 1.82) is 0 Å². The average molecular weight is 473 g/mol. The maximum absolute atomic E-state index is 13.3. The van der Waals surface area contributed by atoms with Crippen molar-refractivity contribution in [3.8, 4) is 0 Å². The van der Waals surface area contributed by atoms with Gasteiger partial charge in [0.2, 0.25) is 5.91 Å². The van der Waals surface area contributed by atoms with E-state index in [9.17, 15) is 13.2 Å². The van der Waals surface area contributed by atoms with E-state index in [1.54, 1.807) is 54.6 Å². The smallest absolute Gasteiger partial charge is 0.264 e. The number of benzene rings is 3. The third-order valence-electron chi connectivity index (χ3n) is 4.33. The molecule has 0 saturated heterocycles. The minimum atomic E-state index is -3.92. The highest BCUT2D eigenvalue weighted by atomic mass is 79.9. The number of nitrogens with one attached hydrogen (secondary N) is 1. The van der Waals surface area contributed by atoms with Crippen molar-refractivity contribution in [3.63, 3.8) is 0 Å². The molecule has 0 fully saturated rings. The Morgan fingerprint density at radius 1 is 0.931 bits per heavy atom. The van der Waals surface area contributed by atoms with Crippen LogP contribution < -0.4 is 9.62 Å². The second-order valence-corrected chi connectivity index (χ2v) is 9.50. The molecule has 3 aromatic rings. The lowest BCUT2D eigenvalue weighted by Crippen LogP contribution is -2.38. The summed E-state index contributed by atoms with van der Waals surface area (Å²) in [6, 6.07) is 20.8. The number of carbonyl (C=O) groups is 1. The Morgan fingerprint density at radius 2 is 1.52 bits per heavy atom. The Kier molecular flexibility index (Phi) is 6.39. The zero-order chi connectivity index (χ0) is 21.0. The van der Waals surface area contributed by atoms with Gasteiger partial charge in [-0.2, -0.15) is 0 Å². The maximum atomic E-state index is 13.3. The second-order valence-electron chi connectivity index (χ2n) is 6.72. The molecule has 0 heterocycles. The van der Waals surface area contributed by atoms with Crippen molar-refractivity contribution in [2.45, 2.75) is 18.7 Å². The van der Waals surface area contributed by atoms with Gasteiger partial charge in [0.1, 0.15) is 6.54 Å². The van der Waals surface area contributed by atoms with Crippen LogP contribution in [0.1, 0.15) is 11.1 Å². The van der Waals surface area contributed by atoms with Crippen molar-refractivity contribution in [2.75, 3.05) is 16.2 Å². The van der Waals surface area contributed by atoms with Gasteiger partial charge in [-0.05, 0) is 56.3 Å². The lowest BCUT2D eigenvalue weighted by atomic mass is 10.2. The summed E-state index contributed by atoms with van der Waals surface area (Å²) >= 11 is 3.36. The molecule has 0 aliphatic heterocycles. The predicted molar refractivity (Wildman–Crippen MR) is 120 cm³/mol. The van der Waals surface area contributed by atoms with Crippen LogP contribution in [0.4, 0.5) is 11.4 Å². The predicted octanol–water partition coefficient (Wildman–Crippen LogP) is 4.90. The van der Waals surface area contributed by atoms with Crippen LogP contribution >= 0.6 is 15.9 Å². The maximum Gasteiger partial charge on any atom is 0.264 e. The highest BCUT2D eigenvalue weighted by Crippen LogP contribution is 2.25.